The van der Waals surface area contributed by atoms with Gasteiger partial charge in [0.1, 0.15) is 0 Å². The fraction of sp³-hybridized carbons (Fsp3) is 0.273. The molecule has 0 unspecified atom stereocenters. The summed E-state index contributed by atoms with van der Waals surface area (Å²) in [7, 11) is 4.47. The molecule has 1 N–H and O–H groups in total. The van der Waals surface area contributed by atoms with Crippen molar-refractivity contribution in [2.75, 3.05) is 19.1 Å². The van der Waals surface area contributed by atoms with Crippen LogP contribution in [0.15, 0.2) is 18.6 Å². The van der Waals surface area contributed by atoms with Crippen LogP contribution in [0.1, 0.15) is 21.2 Å². The predicted molar refractivity (Wildman–Crippen MR) is 65.9 cm³/mol. The molecule has 0 saturated carbocycles. The van der Waals surface area contributed by atoms with Crippen LogP contribution in [0.25, 0.3) is 0 Å². The largest absolute Gasteiger partial charge is 0.463 e. The molecule has 2 aromatic heterocycles. The van der Waals surface area contributed by atoms with Gasteiger partial charge in [-0.3, -0.25) is 9.69 Å². The number of esters is 1. The van der Waals surface area contributed by atoms with Gasteiger partial charge in [0.25, 0.3) is 5.91 Å². The number of nitrogens with one attached hydrogen (secondary N) is 1. The van der Waals surface area contributed by atoms with Crippen molar-refractivity contribution in [1.82, 2.24) is 19.5 Å². The summed E-state index contributed by atoms with van der Waals surface area (Å²) in [5.74, 6) is -0.249. The Bertz CT molecular complexity index is 602. The van der Waals surface area contributed by atoms with Crippen molar-refractivity contribution in [3.05, 3.63) is 30.2 Å². The molecule has 2 heterocycles. The van der Waals surface area contributed by atoms with Crippen LogP contribution in [-0.4, -0.2) is 45.6 Å². The maximum absolute atomic E-state index is 12.0. The highest BCUT2D eigenvalue weighted by atomic mass is 16.5. The summed E-state index contributed by atoms with van der Waals surface area (Å²) in [6, 6.07) is 0. The van der Waals surface area contributed by atoms with Crippen molar-refractivity contribution in [3.63, 3.8) is 0 Å². The van der Waals surface area contributed by atoms with E-state index in [2.05, 4.69) is 19.7 Å². The number of anilines is 1. The van der Waals surface area contributed by atoms with E-state index in [1.54, 1.807) is 26.5 Å². The lowest BCUT2D eigenvalue weighted by atomic mass is 10.5. The van der Waals surface area contributed by atoms with E-state index in [4.69, 9.17) is 0 Å². The molecule has 0 aliphatic heterocycles. The van der Waals surface area contributed by atoms with Gasteiger partial charge in [0.2, 0.25) is 5.82 Å². The number of H-pyrrole nitrogens is 1. The zero-order valence-corrected chi connectivity index (χ0v) is 10.7. The molecule has 0 bridgehead atoms. The third-order valence-electron chi connectivity index (χ3n) is 2.58. The van der Waals surface area contributed by atoms with Crippen molar-refractivity contribution in [1.29, 1.82) is 0 Å². The number of aromatic amines is 1. The molecule has 8 nitrogen and oxygen atoms in total. The quantitative estimate of drug-likeness (QED) is 0.799. The molecule has 8 heteroatoms. The number of hydrogen-bond acceptors (Lipinski definition) is 5. The van der Waals surface area contributed by atoms with E-state index >= 15 is 0 Å². The highest BCUT2D eigenvalue weighted by molar-refractivity contribution is 6.02. The van der Waals surface area contributed by atoms with E-state index in [1.165, 1.54) is 22.8 Å². The second-order valence-corrected chi connectivity index (χ2v) is 3.83. The van der Waals surface area contributed by atoms with Gasteiger partial charge in [0.15, 0.2) is 11.6 Å². The van der Waals surface area contributed by atoms with E-state index in [1.807, 2.05) is 0 Å². The van der Waals surface area contributed by atoms with Crippen LogP contribution in [0.3, 0.4) is 0 Å². The number of rotatable bonds is 3. The van der Waals surface area contributed by atoms with Crippen LogP contribution in [0.5, 0.6) is 0 Å². The molecule has 0 fully saturated rings. The number of carbonyl (C=O) groups is 2. The highest BCUT2D eigenvalue weighted by Gasteiger charge is 2.21. The SMILES string of the molecule is COC(=O)c1nc(N(C)C(=O)c2ncc[nH]2)cn1C. The van der Waals surface area contributed by atoms with Crippen LogP contribution in [-0.2, 0) is 11.8 Å². The van der Waals surface area contributed by atoms with Crippen molar-refractivity contribution in [2.24, 2.45) is 7.05 Å². The Labute approximate surface area is 109 Å². The first-order valence-corrected chi connectivity index (χ1v) is 5.43. The summed E-state index contributed by atoms with van der Waals surface area (Å²) in [4.78, 5) is 35.4. The second kappa shape index (κ2) is 4.92. The fourth-order valence-corrected chi connectivity index (χ4v) is 1.54. The van der Waals surface area contributed by atoms with E-state index in [9.17, 15) is 9.59 Å². The fourth-order valence-electron chi connectivity index (χ4n) is 1.54. The van der Waals surface area contributed by atoms with Gasteiger partial charge in [0.05, 0.1) is 7.11 Å². The molecule has 0 radical (unpaired) electrons. The van der Waals surface area contributed by atoms with Crippen molar-refractivity contribution in [3.8, 4) is 0 Å². The van der Waals surface area contributed by atoms with Crippen molar-refractivity contribution in [2.45, 2.75) is 0 Å². The van der Waals surface area contributed by atoms with Crippen LogP contribution in [0, 0.1) is 0 Å². The standard InChI is InChI=1S/C11H13N5O3/c1-15-6-7(14-9(15)11(18)19-3)16(2)10(17)8-12-4-5-13-8/h4-6H,1-3H3,(H,12,13). The van der Waals surface area contributed by atoms with Crippen molar-refractivity contribution < 1.29 is 14.3 Å². The van der Waals surface area contributed by atoms with E-state index in [-0.39, 0.29) is 17.6 Å². The second-order valence-electron chi connectivity index (χ2n) is 3.83. The normalized spacial score (nSPS) is 10.3. The Morgan fingerprint density at radius 3 is 2.79 bits per heavy atom. The van der Waals surface area contributed by atoms with Crippen LogP contribution in [0.4, 0.5) is 5.82 Å². The summed E-state index contributed by atoms with van der Waals surface area (Å²) >= 11 is 0. The molecule has 1 amide bonds. The Balaban J connectivity index is 2.27. The van der Waals surface area contributed by atoms with Gasteiger partial charge in [-0.05, 0) is 0 Å². The predicted octanol–water partition coefficient (Wildman–Crippen LogP) is 0.206. The number of ether oxygens (including phenoxy) is 1. The summed E-state index contributed by atoms with van der Waals surface area (Å²) in [6.07, 6.45) is 4.60. The number of carbonyl (C=O) groups excluding carboxylic acids is 2. The van der Waals surface area contributed by atoms with Gasteiger partial charge in [-0.15, -0.1) is 0 Å². The Hall–Kier alpha value is -2.64. The number of amides is 1. The lowest BCUT2D eigenvalue weighted by Gasteiger charge is -2.11. The van der Waals surface area contributed by atoms with Gasteiger partial charge in [-0.25, -0.2) is 14.8 Å². The van der Waals surface area contributed by atoms with Gasteiger partial charge in [0, 0.05) is 32.7 Å². The molecule has 0 atom stereocenters. The molecule has 0 saturated heterocycles. The maximum Gasteiger partial charge on any atom is 0.374 e. The van der Waals surface area contributed by atoms with E-state index in [0.717, 1.165) is 0 Å². The zero-order chi connectivity index (χ0) is 14.0. The lowest BCUT2D eigenvalue weighted by Crippen LogP contribution is -2.27. The molecule has 2 aromatic rings. The summed E-state index contributed by atoms with van der Waals surface area (Å²) < 4.78 is 6.09. The van der Waals surface area contributed by atoms with Crippen molar-refractivity contribution >= 4 is 17.7 Å². The minimum absolute atomic E-state index is 0.122. The number of imidazole rings is 2. The molecule has 0 aliphatic rings. The first-order chi connectivity index (χ1) is 9.04. The molecular weight excluding hydrogens is 250 g/mol. The van der Waals surface area contributed by atoms with E-state index in [0.29, 0.717) is 5.82 Å². The molecule has 0 aliphatic carbocycles. The average Bonchev–Trinajstić information content (AvgIpc) is 3.05. The molecule has 0 spiro atoms. The van der Waals surface area contributed by atoms with Gasteiger partial charge < -0.3 is 14.3 Å². The van der Waals surface area contributed by atoms with Gasteiger partial charge in [-0.1, -0.05) is 0 Å². The smallest absolute Gasteiger partial charge is 0.374 e. The summed E-state index contributed by atoms with van der Waals surface area (Å²) in [5.41, 5.74) is 0. The van der Waals surface area contributed by atoms with Crippen LogP contribution >= 0.6 is 0 Å². The third kappa shape index (κ3) is 2.32. The molecule has 0 aromatic carbocycles. The molecule has 19 heavy (non-hydrogen) atoms. The molecule has 2 rings (SSSR count). The first-order valence-electron chi connectivity index (χ1n) is 5.43. The van der Waals surface area contributed by atoms with Gasteiger partial charge in [-0.2, -0.15) is 0 Å². The first kappa shape index (κ1) is 12.8. The maximum atomic E-state index is 12.0. The average molecular weight is 263 g/mol. The van der Waals surface area contributed by atoms with Gasteiger partial charge >= 0.3 is 5.97 Å². The lowest BCUT2D eigenvalue weighted by molar-refractivity contribution is 0.0582. The number of methoxy groups -OCH3 is 1. The highest BCUT2D eigenvalue weighted by Crippen LogP contribution is 2.14. The third-order valence-corrected chi connectivity index (χ3v) is 2.58. The topological polar surface area (TPSA) is 93.1 Å². The molecular formula is C11H13N5O3. The number of aryl methyl sites for hydroxylation is 1. The Morgan fingerprint density at radius 2 is 2.21 bits per heavy atom. The Kier molecular flexibility index (Phi) is 3.32. The summed E-state index contributed by atoms with van der Waals surface area (Å²) in [5, 5.41) is 0. The minimum atomic E-state index is -0.562. The monoisotopic (exact) mass is 263 g/mol. The van der Waals surface area contributed by atoms with E-state index < -0.39 is 5.97 Å². The number of nitrogens with zero attached hydrogens (tertiary/aromatic N) is 4. The summed E-state index contributed by atoms with van der Waals surface area (Å²) in [6.45, 7) is 0. The number of hydrogen-bond donors (Lipinski definition) is 1. The van der Waals surface area contributed by atoms with Crippen LogP contribution < -0.4 is 4.90 Å². The zero-order valence-electron chi connectivity index (χ0n) is 10.7. The Morgan fingerprint density at radius 1 is 1.47 bits per heavy atom. The number of aromatic nitrogens is 4. The minimum Gasteiger partial charge on any atom is -0.463 e. The van der Waals surface area contributed by atoms with Crippen LogP contribution in [0.2, 0.25) is 0 Å². The molecule has 100 valence electrons.